The Balaban J connectivity index is 2.02. The zero-order valence-electron chi connectivity index (χ0n) is 12.6. The predicted molar refractivity (Wildman–Crippen MR) is 87.0 cm³/mol. The van der Waals surface area contributed by atoms with Crippen molar-refractivity contribution in [1.82, 2.24) is 5.32 Å². The van der Waals surface area contributed by atoms with Gasteiger partial charge < -0.3 is 14.8 Å². The van der Waals surface area contributed by atoms with Crippen molar-refractivity contribution in [3.05, 3.63) is 58.6 Å². The minimum Gasteiger partial charge on any atom is -0.496 e. The number of carbonyl (C=O) groups excluding carboxylic acids is 1. The lowest BCUT2D eigenvalue weighted by Gasteiger charge is -2.13. The van der Waals surface area contributed by atoms with Crippen LogP contribution in [0.1, 0.15) is 15.9 Å². The normalized spacial score (nSPS) is 10.1. The first-order valence-corrected chi connectivity index (χ1v) is 7.27. The van der Waals surface area contributed by atoms with E-state index in [2.05, 4.69) is 5.32 Å². The number of rotatable bonds is 6. The van der Waals surface area contributed by atoms with E-state index >= 15 is 0 Å². The summed E-state index contributed by atoms with van der Waals surface area (Å²) in [6.07, 6.45) is 0.723. The maximum Gasteiger partial charge on any atom is 0.258 e. The second-order valence-electron chi connectivity index (χ2n) is 4.67. The fraction of sp³-hybridized carbons (Fsp3) is 0.235. The topological polar surface area (TPSA) is 47.6 Å². The lowest BCUT2D eigenvalue weighted by molar-refractivity contribution is 0.0948. The van der Waals surface area contributed by atoms with Gasteiger partial charge in [0.2, 0.25) is 0 Å². The van der Waals surface area contributed by atoms with Gasteiger partial charge in [0.05, 0.1) is 14.2 Å². The molecule has 22 heavy (non-hydrogen) atoms. The van der Waals surface area contributed by atoms with Crippen LogP contribution in [-0.4, -0.2) is 26.7 Å². The fourth-order valence-electron chi connectivity index (χ4n) is 2.13. The van der Waals surface area contributed by atoms with E-state index < -0.39 is 0 Å². The highest BCUT2D eigenvalue weighted by atomic mass is 35.5. The van der Waals surface area contributed by atoms with Crippen molar-refractivity contribution in [3.8, 4) is 11.5 Å². The summed E-state index contributed by atoms with van der Waals surface area (Å²) in [4.78, 5) is 12.4. The Bertz CT molecular complexity index is 619. The molecule has 0 atom stereocenters. The van der Waals surface area contributed by atoms with Crippen molar-refractivity contribution in [2.75, 3.05) is 20.8 Å². The molecule has 2 rings (SSSR count). The molecular formula is C17H18ClNO3. The van der Waals surface area contributed by atoms with Crippen molar-refractivity contribution in [2.45, 2.75) is 6.42 Å². The average molecular weight is 320 g/mol. The SMILES string of the molecule is COc1cccc(OC)c1C(=O)NCCc1ccc(Cl)cc1. The number of nitrogens with one attached hydrogen (secondary N) is 1. The Morgan fingerprint density at radius 3 is 2.18 bits per heavy atom. The monoisotopic (exact) mass is 319 g/mol. The third-order valence-corrected chi connectivity index (χ3v) is 3.52. The minimum atomic E-state index is -0.219. The van der Waals surface area contributed by atoms with Crippen LogP contribution in [0.4, 0.5) is 0 Å². The largest absolute Gasteiger partial charge is 0.496 e. The van der Waals surface area contributed by atoms with Gasteiger partial charge in [0.15, 0.2) is 0 Å². The number of ether oxygens (including phenoxy) is 2. The van der Waals surface area contributed by atoms with E-state index in [9.17, 15) is 4.79 Å². The van der Waals surface area contributed by atoms with Gasteiger partial charge in [-0.25, -0.2) is 0 Å². The number of carbonyl (C=O) groups is 1. The van der Waals surface area contributed by atoms with Crippen molar-refractivity contribution in [1.29, 1.82) is 0 Å². The summed E-state index contributed by atoms with van der Waals surface area (Å²) in [7, 11) is 3.05. The zero-order chi connectivity index (χ0) is 15.9. The second kappa shape index (κ2) is 7.71. The molecule has 1 amide bonds. The minimum absolute atomic E-state index is 0.219. The molecule has 5 heteroatoms. The zero-order valence-corrected chi connectivity index (χ0v) is 13.3. The Morgan fingerprint density at radius 1 is 1.05 bits per heavy atom. The van der Waals surface area contributed by atoms with Gasteiger partial charge in [0, 0.05) is 11.6 Å². The number of amides is 1. The first-order valence-electron chi connectivity index (χ1n) is 6.89. The smallest absolute Gasteiger partial charge is 0.258 e. The van der Waals surface area contributed by atoms with Gasteiger partial charge in [0.25, 0.3) is 5.91 Å². The summed E-state index contributed by atoms with van der Waals surface area (Å²) in [5, 5.41) is 3.58. The summed E-state index contributed by atoms with van der Waals surface area (Å²) < 4.78 is 10.5. The van der Waals surface area contributed by atoms with Crippen LogP contribution in [0.5, 0.6) is 11.5 Å². The van der Waals surface area contributed by atoms with Crippen LogP contribution < -0.4 is 14.8 Å². The lowest BCUT2D eigenvalue weighted by Crippen LogP contribution is -2.26. The van der Waals surface area contributed by atoms with Crippen molar-refractivity contribution >= 4 is 17.5 Å². The molecule has 0 saturated carbocycles. The van der Waals surface area contributed by atoms with Crippen LogP contribution in [0.2, 0.25) is 5.02 Å². The molecule has 2 aromatic rings. The van der Waals surface area contributed by atoms with Crippen molar-refractivity contribution in [3.63, 3.8) is 0 Å². The molecule has 2 aromatic carbocycles. The Hall–Kier alpha value is -2.20. The molecule has 0 saturated heterocycles. The third kappa shape index (κ3) is 3.92. The quantitative estimate of drug-likeness (QED) is 0.888. The highest BCUT2D eigenvalue weighted by Gasteiger charge is 2.17. The molecule has 0 aliphatic carbocycles. The molecule has 0 spiro atoms. The molecule has 116 valence electrons. The molecular weight excluding hydrogens is 302 g/mol. The van der Waals surface area contributed by atoms with Crippen LogP contribution in [0.15, 0.2) is 42.5 Å². The summed E-state index contributed by atoms with van der Waals surface area (Å²) in [5.41, 5.74) is 1.51. The number of methoxy groups -OCH3 is 2. The van der Waals surface area contributed by atoms with Gasteiger partial charge in [-0.15, -0.1) is 0 Å². The summed E-state index contributed by atoms with van der Waals surface area (Å²) in [6, 6.07) is 12.8. The third-order valence-electron chi connectivity index (χ3n) is 3.27. The lowest BCUT2D eigenvalue weighted by atomic mass is 10.1. The van der Waals surface area contributed by atoms with Crippen LogP contribution in [-0.2, 0) is 6.42 Å². The standard InChI is InChI=1S/C17H18ClNO3/c1-21-14-4-3-5-15(22-2)16(14)17(20)19-11-10-12-6-8-13(18)9-7-12/h3-9H,10-11H2,1-2H3,(H,19,20). The van der Waals surface area contributed by atoms with E-state index in [0.717, 1.165) is 12.0 Å². The fourth-order valence-corrected chi connectivity index (χ4v) is 2.26. The van der Waals surface area contributed by atoms with Crippen molar-refractivity contribution < 1.29 is 14.3 Å². The molecule has 0 aliphatic rings. The molecule has 0 heterocycles. The summed E-state index contributed by atoms with van der Waals surface area (Å²) in [5.74, 6) is 0.759. The second-order valence-corrected chi connectivity index (χ2v) is 5.11. The van der Waals surface area contributed by atoms with Crippen LogP contribution in [0.3, 0.4) is 0 Å². The van der Waals surface area contributed by atoms with E-state index in [4.69, 9.17) is 21.1 Å². The van der Waals surface area contributed by atoms with E-state index in [-0.39, 0.29) is 5.91 Å². The predicted octanol–water partition coefficient (Wildman–Crippen LogP) is 3.33. The molecule has 0 aromatic heterocycles. The van der Waals surface area contributed by atoms with E-state index in [0.29, 0.717) is 28.6 Å². The van der Waals surface area contributed by atoms with Gasteiger partial charge in [-0.05, 0) is 36.2 Å². The van der Waals surface area contributed by atoms with Crippen molar-refractivity contribution in [2.24, 2.45) is 0 Å². The molecule has 0 aliphatic heterocycles. The first kappa shape index (κ1) is 16.2. The molecule has 0 fully saturated rings. The average Bonchev–Trinajstić information content (AvgIpc) is 2.55. The first-order chi connectivity index (χ1) is 10.7. The van der Waals surface area contributed by atoms with E-state index in [1.807, 2.05) is 24.3 Å². The number of hydrogen-bond acceptors (Lipinski definition) is 3. The Kier molecular flexibility index (Phi) is 5.67. The van der Waals surface area contributed by atoms with Gasteiger partial charge in [-0.3, -0.25) is 4.79 Å². The van der Waals surface area contributed by atoms with Crippen LogP contribution >= 0.6 is 11.6 Å². The number of benzene rings is 2. The maximum atomic E-state index is 12.4. The summed E-state index contributed by atoms with van der Waals surface area (Å²) >= 11 is 5.85. The molecule has 1 N–H and O–H groups in total. The van der Waals surface area contributed by atoms with Crippen LogP contribution in [0.25, 0.3) is 0 Å². The highest BCUT2D eigenvalue weighted by Crippen LogP contribution is 2.27. The number of hydrogen-bond donors (Lipinski definition) is 1. The molecule has 4 nitrogen and oxygen atoms in total. The van der Waals surface area contributed by atoms with Crippen LogP contribution in [0, 0.1) is 0 Å². The Labute approximate surface area is 135 Å². The molecule has 0 radical (unpaired) electrons. The highest BCUT2D eigenvalue weighted by molar-refractivity contribution is 6.30. The van der Waals surface area contributed by atoms with E-state index in [1.165, 1.54) is 14.2 Å². The molecule has 0 unspecified atom stereocenters. The Morgan fingerprint density at radius 2 is 1.64 bits per heavy atom. The van der Waals surface area contributed by atoms with E-state index in [1.54, 1.807) is 18.2 Å². The van der Waals surface area contributed by atoms with Gasteiger partial charge in [-0.1, -0.05) is 29.8 Å². The summed E-state index contributed by atoms with van der Waals surface area (Å²) in [6.45, 7) is 0.516. The number of halogens is 1. The molecule has 0 bridgehead atoms. The van der Waals surface area contributed by atoms with Gasteiger partial charge >= 0.3 is 0 Å². The maximum absolute atomic E-state index is 12.4. The van der Waals surface area contributed by atoms with Gasteiger partial charge in [-0.2, -0.15) is 0 Å². The van der Waals surface area contributed by atoms with Gasteiger partial charge in [0.1, 0.15) is 17.1 Å².